The molecule has 0 aliphatic carbocycles. The molecule has 1 aliphatic heterocycles. The zero-order chi connectivity index (χ0) is 20.2. The third-order valence-electron chi connectivity index (χ3n) is 4.49. The van der Waals surface area contributed by atoms with Crippen molar-refractivity contribution >= 4 is 28.7 Å². The Morgan fingerprint density at radius 2 is 1.66 bits per heavy atom. The Bertz CT molecular complexity index is 1130. The number of benzene rings is 3. The summed E-state index contributed by atoms with van der Waals surface area (Å²) in [4.78, 5) is 16.8. The number of hydrogen-bond acceptors (Lipinski definition) is 5. The number of rotatable bonds is 6. The molecule has 3 aromatic carbocycles. The van der Waals surface area contributed by atoms with Gasteiger partial charge in [-0.15, -0.1) is 0 Å². The van der Waals surface area contributed by atoms with Crippen molar-refractivity contribution in [3.63, 3.8) is 0 Å². The average molecular weight is 387 g/mol. The van der Waals surface area contributed by atoms with E-state index in [0.717, 1.165) is 21.9 Å². The van der Waals surface area contributed by atoms with Gasteiger partial charge >= 0.3 is 5.97 Å². The molecule has 0 saturated carbocycles. The summed E-state index contributed by atoms with van der Waals surface area (Å²) < 4.78 is 16.6. The number of carbonyl (C=O) groups is 1. The summed E-state index contributed by atoms with van der Waals surface area (Å²) in [6.45, 7) is 4.90. The summed E-state index contributed by atoms with van der Waals surface area (Å²) in [5.74, 6) is 1.14. The highest BCUT2D eigenvalue weighted by molar-refractivity contribution is 6.13. The number of esters is 1. The van der Waals surface area contributed by atoms with Crippen LogP contribution in [0.25, 0.3) is 16.8 Å². The average Bonchev–Trinajstić information content (AvgIpc) is 3.10. The van der Waals surface area contributed by atoms with Gasteiger partial charge in [0.15, 0.2) is 17.2 Å². The van der Waals surface area contributed by atoms with Crippen molar-refractivity contribution in [3.05, 3.63) is 77.5 Å². The van der Waals surface area contributed by atoms with Crippen LogP contribution in [0.1, 0.15) is 25.0 Å². The maximum absolute atomic E-state index is 12.3. The molecule has 0 unspecified atom stereocenters. The van der Waals surface area contributed by atoms with Gasteiger partial charge in [0, 0.05) is 5.56 Å². The second kappa shape index (κ2) is 8.19. The van der Waals surface area contributed by atoms with Crippen LogP contribution in [0.3, 0.4) is 0 Å². The van der Waals surface area contributed by atoms with Crippen molar-refractivity contribution < 1.29 is 19.0 Å². The number of fused-ring (bicyclic) bond motifs is 1. The SMILES string of the molecule is CCOc1ccc(/C=C2\N=C(c3ccc4ccccc4c3)OC2=O)cc1OCC. The Balaban J connectivity index is 1.66. The summed E-state index contributed by atoms with van der Waals surface area (Å²) in [5, 5.41) is 2.18. The van der Waals surface area contributed by atoms with E-state index in [2.05, 4.69) is 4.99 Å². The summed E-state index contributed by atoms with van der Waals surface area (Å²) in [6.07, 6.45) is 1.69. The van der Waals surface area contributed by atoms with Crippen LogP contribution in [0.5, 0.6) is 11.5 Å². The molecule has 29 heavy (non-hydrogen) atoms. The van der Waals surface area contributed by atoms with Crippen molar-refractivity contribution in [2.75, 3.05) is 13.2 Å². The molecule has 0 bridgehead atoms. The fourth-order valence-electron chi connectivity index (χ4n) is 3.17. The van der Waals surface area contributed by atoms with Crippen LogP contribution in [-0.4, -0.2) is 25.1 Å². The summed E-state index contributed by atoms with van der Waals surface area (Å²) in [5.41, 5.74) is 1.80. The Hall–Kier alpha value is -3.60. The smallest absolute Gasteiger partial charge is 0.363 e. The lowest BCUT2D eigenvalue weighted by Crippen LogP contribution is -2.05. The van der Waals surface area contributed by atoms with Gasteiger partial charge in [-0.3, -0.25) is 0 Å². The van der Waals surface area contributed by atoms with E-state index in [1.807, 2.05) is 74.5 Å². The van der Waals surface area contributed by atoms with E-state index in [9.17, 15) is 4.79 Å². The molecule has 4 rings (SSSR count). The molecule has 0 atom stereocenters. The highest BCUT2D eigenvalue weighted by Gasteiger charge is 2.24. The maximum atomic E-state index is 12.3. The minimum Gasteiger partial charge on any atom is -0.490 e. The molecular weight excluding hydrogens is 366 g/mol. The van der Waals surface area contributed by atoms with Crippen LogP contribution in [0.15, 0.2) is 71.4 Å². The minimum absolute atomic E-state index is 0.250. The lowest BCUT2D eigenvalue weighted by molar-refractivity contribution is -0.129. The third-order valence-corrected chi connectivity index (χ3v) is 4.49. The molecule has 5 heteroatoms. The first-order valence-corrected chi connectivity index (χ1v) is 9.59. The van der Waals surface area contributed by atoms with Crippen molar-refractivity contribution in [3.8, 4) is 11.5 Å². The van der Waals surface area contributed by atoms with Crippen LogP contribution >= 0.6 is 0 Å². The largest absolute Gasteiger partial charge is 0.490 e. The summed E-state index contributed by atoms with van der Waals surface area (Å²) >= 11 is 0. The van der Waals surface area contributed by atoms with E-state index in [0.29, 0.717) is 30.6 Å². The molecule has 3 aromatic rings. The highest BCUT2D eigenvalue weighted by atomic mass is 16.6. The van der Waals surface area contributed by atoms with Crippen LogP contribution in [-0.2, 0) is 9.53 Å². The number of hydrogen-bond donors (Lipinski definition) is 0. The fraction of sp³-hybridized carbons (Fsp3) is 0.167. The van der Waals surface area contributed by atoms with E-state index >= 15 is 0 Å². The molecule has 5 nitrogen and oxygen atoms in total. The highest BCUT2D eigenvalue weighted by Crippen LogP contribution is 2.30. The maximum Gasteiger partial charge on any atom is 0.363 e. The van der Waals surface area contributed by atoms with Crippen molar-refractivity contribution in [1.29, 1.82) is 0 Å². The normalized spacial score (nSPS) is 14.8. The van der Waals surface area contributed by atoms with Crippen LogP contribution in [0.4, 0.5) is 0 Å². The Labute approximate surface area is 169 Å². The Morgan fingerprint density at radius 1 is 0.897 bits per heavy atom. The second-order valence-electron chi connectivity index (χ2n) is 6.47. The lowest BCUT2D eigenvalue weighted by Gasteiger charge is -2.11. The molecule has 0 N–H and O–H groups in total. The quantitative estimate of drug-likeness (QED) is 0.442. The van der Waals surface area contributed by atoms with Crippen LogP contribution in [0, 0.1) is 0 Å². The predicted molar refractivity (Wildman–Crippen MR) is 113 cm³/mol. The van der Waals surface area contributed by atoms with E-state index in [1.54, 1.807) is 6.08 Å². The molecular formula is C24H21NO4. The topological polar surface area (TPSA) is 57.1 Å². The van der Waals surface area contributed by atoms with Gasteiger partial charge in [-0.25, -0.2) is 9.79 Å². The zero-order valence-electron chi connectivity index (χ0n) is 16.3. The number of ether oxygens (including phenoxy) is 3. The molecule has 1 aliphatic rings. The first-order chi connectivity index (χ1) is 14.2. The Kier molecular flexibility index (Phi) is 5.29. The predicted octanol–water partition coefficient (Wildman–Crippen LogP) is 4.98. The van der Waals surface area contributed by atoms with Gasteiger partial charge in [0.25, 0.3) is 0 Å². The van der Waals surface area contributed by atoms with E-state index < -0.39 is 5.97 Å². The number of cyclic esters (lactones) is 1. The van der Waals surface area contributed by atoms with E-state index in [4.69, 9.17) is 14.2 Å². The van der Waals surface area contributed by atoms with Crippen molar-refractivity contribution in [1.82, 2.24) is 0 Å². The lowest BCUT2D eigenvalue weighted by atomic mass is 10.1. The van der Waals surface area contributed by atoms with Gasteiger partial charge in [-0.2, -0.15) is 0 Å². The van der Waals surface area contributed by atoms with E-state index in [-0.39, 0.29) is 5.70 Å². The van der Waals surface area contributed by atoms with Crippen LogP contribution < -0.4 is 9.47 Å². The van der Waals surface area contributed by atoms with Gasteiger partial charge in [0.05, 0.1) is 13.2 Å². The molecule has 0 spiro atoms. The number of nitrogens with zero attached hydrogens (tertiary/aromatic N) is 1. The molecule has 146 valence electrons. The molecule has 0 aromatic heterocycles. The van der Waals surface area contributed by atoms with Gasteiger partial charge < -0.3 is 14.2 Å². The van der Waals surface area contributed by atoms with Gasteiger partial charge in [-0.1, -0.05) is 36.4 Å². The van der Waals surface area contributed by atoms with Gasteiger partial charge in [0.1, 0.15) is 0 Å². The fourth-order valence-corrected chi connectivity index (χ4v) is 3.17. The molecule has 0 fully saturated rings. The van der Waals surface area contributed by atoms with Crippen LogP contribution in [0.2, 0.25) is 0 Å². The monoisotopic (exact) mass is 387 g/mol. The molecule has 0 saturated heterocycles. The zero-order valence-corrected chi connectivity index (χ0v) is 16.3. The first-order valence-electron chi connectivity index (χ1n) is 9.59. The molecule has 0 radical (unpaired) electrons. The second-order valence-corrected chi connectivity index (χ2v) is 6.47. The summed E-state index contributed by atoms with van der Waals surface area (Å²) in [6, 6.07) is 19.4. The minimum atomic E-state index is -0.472. The Morgan fingerprint density at radius 3 is 2.45 bits per heavy atom. The number of carbonyl (C=O) groups excluding carboxylic acids is 1. The standard InChI is InChI=1S/C24H21NO4/c1-3-27-21-12-9-16(14-22(21)28-4-2)13-20-24(26)29-23(25-20)19-11-10-17-7-5-6-8-18(17)15-19/h5-15H,3-4H2,1-2H3/b20-13-. The van der Waals surface area contributed by atoms with E-state index in [1.165, 1.54) is 0 Å². The number of aliphatic imine (C=N–C) groups is 1. The van der Waals surface area contributed by atoms with Gasteiger partial charge in [0.2, 0.25) is 5.90 Å². The van der Waals surface area contributed by atoms with Gasteiger partial charge in [-0.05, 0) is 60.5 Å². The van der Waals surface area contributed by atoms with Crippen molar-refractivity contribution in [2.24, 2.45) is 4.99 Å². The summed E-state index contributed by atoms with van der Waals surface area (Å²) in [7, 11) is 0. The van der Waals surface area contributed by atoms with Crippen molar-refractivity contribution in [2.45, 2.75) is 13.8 Å². The third kappa shape index (κ3) is 3.99. The molecule has 1 heterocycles. The molecule has 0 amide bonds. The first kappa shape index (κ1) is 18.7.